The van der Waals surface area contributed by atoms with E-state index in [-0.39, 0.29) is 23.3 Å². The number of amides is 1. The summed E-state index contributed by atoms with van der Waals surface area (Å²) in [6.07, 6.45) is 4.18. The Balaban J connectivity index is 2.01. The number of methoxy groups -OCH3 is 2. The van der Waals surface area contributed by atoms with Crippen molar-refractivity contribution in [1.29, 1.82) is 0 Å². The van der Waals surface area contributed by atoms with Crippen LogP contribution in [0.15, 0.2) is 60.8 Å². The highest BCUT2D eigenvalue weighted by molar-refractivity contribution is 7.80. The number of hydrogen-bond donors (Lipinski definition) is 0. The molecular weight excluding hydrogens is 440 g/mol. The second-order valence-corrected chi connectivity index (χ2v) is 7.51. The van der Waals surface area contributed by atoms with Gasteiger partial charge in [-0.3, -0.25) is 14.5 Å². The van der Waals surface area contributed by atoms with Crippen LogP contribution in [0.25, 0.3) is 6.08 Å². The summed E-state index contributed by atoms with van der Waals surface area (Å²) in [6.45, 7) is 5.85. The second-order valence-electron chi connectivity index (χ2n) is 7.14. The van der Waals surface area contributed by atoms with Crippen molar-refractivity contribution < 1.29 is 23.8 Å². The minimum Gasteiger partial charge on any atom is -0.493 e. The van der Waals surface area contributed by atoms with Crippen molar-refractivity contribution in [2.75, 3.05) is 32.3 Å². The molecule has 1 amide bonds. The Bertz CT molecular complexity index is 1090. The average Bonchev–Trinajstić information content (AvgIpc) is 3.06. The SMILES string of the molecule is C=CCOc1ccc(/C=C2/C(=O)N(c3ccc(CC)cc3)C(=S)N2CC(=O)OC)cc1OC. The molecule has 0 unspecified atom stereocenters. The first-order valence-electron chi connectivity index (χ1n) is 10.4. The normalized spacial score (nSPS) is 14.6. The number of nitrogens with zero attached hydrogens (tertiary/aromatic N) is 2. The van der Waals surface area contributed by atoms with Gasteiger partial charge in [0.15, 0.2) is 16.6 Å². The van der Waals surface area contributed by atoms with Crippen molar-refractivity contribution in [3.05, 3.63) is 71.9 Å². The number of hydrogen-bond acceptors (Lipinski definition) is 6. The van der Waals surface area contributed by atoms with Crippen molar-refractivity contribution in [1.82, 2.24) is 4.90 Å². The second kappa shape index (κ2) is 10.8. The van der Waals surface area contributed by atoms with Gasteiger partial charge < -0.3 is 19.1 Å². The van der Waals surface area contributed by atoms with E-state index in [4.69, 9.17) is 26.4 Å². The van der Waals surface area contributed by atoms with Gasteiger partial charge in [-0.2, -0.15) is 0 Å². The van der Waals surface area contributed by atoms with E-state index in [1.165, 1.54) is 24.0 Å². The van der Waals surface area contributed by atoms with Crippen LogP contribution in [0.1, 0.15) is 18.1 Å². The predicted molar refractivity (Wildman–Crippen MR) is 131 cm³/mol. The molecule has 7 nitrogen and oxygen atoms in total. The van der Waals surface area contributed by atoms with E-state index in [1.807, 2.05) is 24.3 Å². The maximum Gasteiger partial charge on any atom is 0.325 e. The summed E-state index contributed by atoms with van der Waals surface area (Å²) in [5, 5.41) is 0.207. The standard InChI is InChI=1S/C25H26N2O5S/c1-5-13-32-21-12-9-18(15-22(21)30-3)14-20-24(29)27(19-10-7-17(6-2)8-11-19)25(33)26(20)16-23(28)31-4/h5,7-12,14-15H,1,6,13,16H2,2-4H3/b20-14-. The van der Waals surface area contributed by atoms with Gasteiger partial charge in [-0.15, -0.1) is 0 Å². The molecule has 0 N–H and O–H groups in total. The van der Waals surface area contributed by atoms with Crippen molar-refractivity contribution in [2.24, 2.45) is 0 Å². The molecule has 0 radical (unpaired) electrons. The molecule has 8 heteroatoms. The van der Waals surface area contributed by atoms with E-state index in [9.17, 15) is 9.59 Å². The van der Waals surface area contributed by atoms with E-state index < -0.39 is 5.97 Å². The Labute approximate surface area is 198 Å². The summed E-state index contributed by atoms with van der Waals surface area (Å²) in [4.78, 5) is 28.4. The lowest BCUT2D eigenvalue weighted by Crippen LogP contribution is -2.35. The van der Waals surface area contributed by atoms with Crippen LogP contribution in [0.5, 0.6) is 11.5 Å². The summed E-state index contributed by atoms with van der Waals surface area (Å²) in [5.74, 6) is 0.215. The number of thiocarbonyl (C=S) groups is 1. The summed E-state index contributed by atoms with van der Waals surface area (Å²) in [6, 6.07) is 12.9. The van der Waals surface area contributed by atoms with Crippen LogP contribution < -0.4 is 14.4 Å². The molecule has 1 aliphatic rings. The molecule has 0 aliphatic carbocycles. The van der Waals surface area contributed by atoms with Gasteiger partial charge in [0.1, 0.15) is 18.8 Å². The number of rotatable bonds is 9. The smallest absolute Gasteiger partial charge is 0.325 e. The van der Waals surface area contributed by atoms with E-state index in [0.29, 0.717) is 29.4 Å². The molecule has 2 aromatic rings. The highest BCUT2D eigenvalue weighted by Crippen LogP contribution is 2.32. The Morgan fingerprint density at radius 1 is 1.12 bits per heavy atom. The first-order valence-corrected chi connectivity index (χ1v) is 10.8. The molecule has 1 saturated heterocycles. The van der Waals surface area contributed by atoms with Crippen LogP contribution in [0.4, 0.5) is 5.69 Å². The van der Waals surface area contributed by atoms with Gasteiger partial charge in [0.05, 0.1) is 19.9 Å². The highest BCUT2D eigenvalue weighted by atomic mass is 32.1. The van der Waals surface area contributed by atoms with Gasteiger partial charge in [0.2, 0.25) is 0 Å². The van der Waals surface area contributed by atoms with Gasteiger partial charge >= 0.3 is 5.97 Å². The lowest BCUT2D eigenvalue weighted by molar-refractivity contribution is -0.140. The molecule has 1 heterocycles. The predicted octanol–water partition coefficient (Wildman–Crippen LogP) is 3.97. The van der Waals surface area contributed by atoms with Crippen LogP contribution in [-0.2, 0) is 20.7 Å². The molecule has 0 saturated carbocycles. The fourth-order valence-corrected chi connectivity index (χ4v) is 3.69. The number of carbonyl (C=O) groups is 2. The van der Waals surface area contributed by atoms with E-state index >= 15 is 0 Å². The van der Waals surface area contributed by atoms with Crippen molar-refractivity contribution in [3.8, 4) is 11.5 Å². The average molecular weight is 467 g/mol. The van der Waals surface area contributed by atoms with Crippen LogP contribution in [0, 0.1) is 0 Å². The first kappa shape index (κ1) is 24.0. The third-order valence-corrected chi connectivity index (χ3v) is 5.50. The zero-order chi connectivity index (χ0) is 24.0. The third-order valence-electron chi connectivity index (χ3n) is 5.10. The topological polar surface area (TPSA) is 68.3 Å². The fraction of sp³-hybridized carbons (Fsp3) is 0.240. The number of aryl methyl sites for hydroxylation is 1. The van der Waals surface area contributed by atoms with Crippen molar-refractivity contribution in [3.63, 3.8) is 0 Å². The summed E-state index contributed by atoms with van der Waals surface area (Å²) in [5.41, 5.74) is 2.71. The fourth-order valence-electron chi connectivity index (χ4n) is 3.33. The molecule has 2 aromatic carbocycles. The van der Waals surface area contributed by atoms with Gasteiger partial charge in [-0.1, -0.05) is 37.8 Å². The van der Waals surface area contributed by atoms with Crippen molar-refractivity contribution in [2.45, 2.75) is 13.3 Å². The van der Waals surface area contributed by atoms with E-state index in [1.54, 1.807) is 30.4 Å². The lowest BCUT2D eigenvalue weighted by atomic mass is 10.1. The maximum atomic E-state index is 13.4. The van der Waals surface area contributed by atoms with Gasteiger partial charge in [0.25, 0.3) is 5.91 Å². The molecule has 33 heavy (non-hydrogen) atoms. The first-order chi connectivity index (χ1) is 15.9. The zero-order valence-electron chi connectivity index (χ0n) is 18.9. The highest BCUT2D eigenvalue weighted by Gasteiger charge is 2.40. The largest absolute Gasteiger partial charge is 0.493 e. The number of carbonyl (C=O) groups excluding carboxylic acids is 2. The minimum absolute atomic E-state index is 0.186. The van der Waals surface area contributed by atoms with Crippen LogP contribution in [0.2, 0.25) is 0 Å². The number of benzene rings is 2. The van der Waals surface area contributed by atoms with Crippen molar-refractivity contribution >= 4 is 41.0 Å². The molecule has 0 bridgehead atoms. The van der Waals surface area contributed by atoms with E-state index in [2.05, 4.69) is 13.5 Å². The lowest BCUT2D eigenvalue weighted by Gasteiger charge is -2.19. The Morgan fingerprint density at radius 2 is 1.85 bits per heavy atom. The van der Waals surface area contributed by atoms with Crippen LogP contribution in [-0.4, -0.2) is 49.3 Å². The Hall–Kier alpha value is -3.65. The minimum atomic E-state index is -0.509. The molecule has 172 valence electrons. The maximum absolute atomic E-state index is 13.4. The Morgan fingerprint density at radius 3 is 2.45 bits per heavy atom. The zero-order valence-corrected chi connectivity index (χ0v) is 19.7. The molecule has 3 rings (SSSR count). The monoisotopic (exact) mass is 466 g/mol. The third kappa shape index (κ3) is 5.23. The summed E-state index contributed by atoms with van der Waals surface area (Å²) < 4.78 is 15.8. The molecule has 0 aromatic heterocycles. The summed E-state index contributed by atoms with van der Waals surface area (Å²) in [7, 11) is 2.83. The van der Waals surface area contributed by atoms with Crippen LogP contribution in [0.3, 0.4) is 0 Å². The van der Waals surface area contributed by atoms with E-state index in [0.717, 1.165) is 12.0 Å². The number of ether oxygens (including phenoxy) is 3. The molecule has 1 fully saturated rings. The molecule has 0 atom stereocenters. The van der Waals surface area contributed by atoms with Gasteiger partial charge in [-0.25, -0.2) is 0 Å². The van der Waals surface area contributed by atoms with Gasteiger partial charge in [-0.05, 0) is 60.1 Å². The quantitative estimate of drug-likeness (QED) is 0.240. The number of anilines is 1. The number of esters is 1. The molecule has 1 aliphatic heterocycles. The van der Waals surface area contributed by atoms with Gasteiger partial charge in [0, 0.05) is 0 Å². The molecule has 0 spiro atoms. The molecular formula is C25H26N2O5S. The Kier molecular flexibility index (Phi) is 7.84. The summed E-state index contributed by atoms with van der Waals surface area (Å²) >= 11 is 5.59. The van der Waals surface area contributed by atoms with Crippen LogP contribution >= 0.6 is 12.2 Å².